The molecule has 0 radical (unpaired) electrons. The summed E-state index contributed by atoms with van der Waals surface area (Å²) in [6, 6.07) is 12.4. The molecule has 5 nitrogen and oxygen atoms in total. The fourth-order valence-corrected chi connectivity index (χ4v) is 3.31. The molecule has 1 saturated heterocycles. The minimum Gasteiger partial charge on any atom is -0.338 e. The highest BCUT2D eigenvalue weighted by atomic mass is 19.1. The van der Waals surface area contributed by atoms with Crippen LogP contribution in [0.3, 0.4) is 0 Å². The van der Waals surface area contributed by atoms with Gasteiger partial charge in [0.2, 0.25) is 0 Å². The summed E-state index contributed by atoms with van der Waals surface area (Å²) in [6.07, 6.45) is 1.31. The first-order chi connectivity index (χ1) is 13.1. The number of rotatable bonds is 4. The lowest BCUT2D eigenvalue weighted by molar-refractivity contribution is 0.0781. The third kappa shape index (κ3) is 3.72. The van der Waals surface area contributed by atoms with E-state index in [0.717, 1.165) is 30.2 Å². The minimum atomic E-state index is -0.712. The van der Waals surface area contributed by atoms with E-state index in [1.54, 1.807) is 4.90 Å². The number of halogens is 2. The van der Waals surface area contributed by atoms with Gasteiger partial charge in [-0.1, -0.05) is 23.4 Å². The monoisotopic (exact) mass is 369 g/mol. The molecule has 3 aromatic rings. The number of carbonyl (C=O) groups is 1. The molecule has 1 aromatic heterocycles. The highest BCUT2D eigenvalue weighted by Crippen LogP contribution is 2.24. The van der Waals surface area contributed by atoms with Gasteiger partial charge in [-0.3, -0.25) is 4.79 Å². The van der Waals surface area contributed by atoms with Gasteiger partial charge in [0.15, 0.2) is 5.82 Å². The van der Waals surface area contributed by atoms with Crippen molar-refractivity contribution in [2.24, 2.45) is 5.92 Å². The zero-order chi connectivity index (χ0) is 18.8. The maximum atomic E-state index is 13.8. The third-order valence-corrected chi connectivity index (χ3v) is 4.69. The smallest absolute Gasteiger partial charge is 0.257 e. The Kier molecular flexibility index (Phi) is 4.66. The van der Waals surface area contributed by atoms with Gasteiger partial charge in [0.25, 0.3) is 11.8 Å². The van der Waals surface area contributed by atoms with E-state index < -0.39 is 17.5 Å². The molecule has 1 amide bonds. The highest BCUT2D eigenvalue weighted by molar-refractivity contribution is 5.94. The maximum Gasteiger partial charge on any atom is 0.257 e. The van der Waals surface area contributed by atoms with E-state index in [9.17, 15) is 13.6 Å². The van der Waals surface area contributed by atoms with Crippen molar-refractivity contribution in [1.82, 2.24) is 15.0 Å². The zero-order valence-electron chi connectivity index (χ0n) is 14.4. The van der Waals surface area contributed by atoms with Gasteiger partial charge in [0, 0.05) is 25.1 Å². The number of likely N-dealkylation sites (tertiary alicyclic amines) is 1. The van der Waals surface area contributed by atoms with Gasteiger partial charge in [0.1, 0.15) is 11.6 Å². The van der Waals surface area contributed by atoms with Crippen LogP contribution in [0.4, 0.5) is 8.78 Å². The lowest BCUT2D eigenvalue weighted by Crippen LogP contribution is -2.29. The Bertz CT molecular complexity index is 959. The van der Waals surface area contributed by atoms with E-state index in [4.69, 9.17) is 4.52 Å². The molecule has 1 aliphatic rings. The van der Waals surface area contributed by atoms with Crippen molar-refractivity contribution < 1.29 is 18.1 Å². The van der Waals surface area contributed by atoms with Crippen molar-refractivity contribution in [1.29, 1.82) is 0 Å². The van der Waals surface area contributed by atoms with Crippen LogP contribution in [-0.2, 0) is 6.42 Å². The number of benzene rings is 2. The number of amides is 1. The predicted octanol–water partition coefficient (Wildman–Crippen LogP) is 3.72. The molecule has 0 N–H and O–H groups in total. The highest BCUT2D eigenvalue weighted by Gasteiger charge is 2.29. The van der Waals surface area contributed by atoms with Crippen LogP contribution in [0.5, 0.6) is 0 Å². The van der Waals surface area contributed by atoms with Crippen molar-refractivity contribution in [3.8, 4) is 11.5 Å². The number of nitrogens with zero attached hydrogens (tertiary/aromatic N) is 3. The van der Waals surface area contributed by atoms with Gasteiger partial charge in [-0.2, -0.15) is 4.98 Å². The van der Waals surface area contributed by atoms with Crippen LogP contribution in [0.1, 0.15) is 22.6 Å². The van der Waals surface area contributed by atoms with E-state index >= 15 is 0 Å². The van der Waals surface area contributed by atoms with Crippen LogP contribution in [0.2, 0.25) is 0 Å². The van der Waals surface area contributed by atoms with E-state index in [1.165, 1.54) is 0 Å². The van der Waals surface area contributed by atoms with E-state index in [-0.39, 0.29) is 11.5 Å². The average molecular weight is 369 g/mol. The van der Waals surface area contributed by atoms with E-state index in [1.807, 2.05) is 30.3 Å². The second kappa shape index (κ2) is 7.26. The Balaban J connectivity index is 1.41. The molecule has 27 heavy (non-hydrogen) atoms. The predicted molar refractivity (Wildman–Crippen MR) is 93.8 cm³/mol. The zero-order valence-corrected chi connectivity index (χ0v) is 14.4. The molecule has 2 aromatic carbocycles. The first-order valence-corrected chi connectivity index (χ1v) is 8.72. The summed E-state index contributed by atoms with van der Waals surface area (Å²) in [4.78, 5) is 18.4. The van der Waals surface area contributed by atoms with Crippen LogP contribution >= 0.6 is 0 Å². The normalized spacial score (nSPS) is 16.7. The molecule has 0 spiro atoms. The van der Waals surface area contributed by atoms with Crippen LogP contribution in [0.15, 0.2) is 53.1 Å². The van der Waals surface area contributed by atoms with Crippen molar-refractivity contribution in [3.63, 3.8) is 0 Å². The number of hydrogen-bond acceptors (Lipinski definition) is 4. The van der Waals surface area contributed by atoms with E-state index in [2.05, 4.69) is 10.1 Å². The van der Waals surface area contributed by atoms with Crippen LogP contribution in [-0.4, -0.2) is 34.0 Å². The Morgan fingerprint density at radius 1 is 1.19 bits per heavy atom. The lowest BCUT2D eigenvalue weighted by Gasteiger charge is -2.16. The quantitative estimate of drug-likeness (QED) is 0.703. The molecular formula is C20H17F2N3O2. The summed E-state index contributed by atoms with van der Waals surface area (Å²) in [7, 11) is 0. The van der Waals surface area contributed by atoms with Crippen LogP contribution in [0.25, 0.3) is 11.5 Å². The Labute approximate surface area is 154 Å². The summed E-state index contributed by atoms with van der Waals surface area (Å²) >= 11 is 0. The number of aromatic nitrogens is 2. The van der Waals surface area contributed by atoms with Gasteiger partial charge < -0.3 is 9.42 Å². The van der Waals surface area contributed by atoms with Crippen LogP contribution in [0, 0.1) is 17.6 Å². The molecule has 1 fully saturated rings. The fraction of sp³-hybridized carbons (Fsp3) is 0.250. The second-order valence-electron chi connectivity index (χ2n) is 6.62. The summed E-state index contributed by atoms with van der Waals surface area (Å²) in [5.41, 5.74) is 0.614. The summed E-state index contributed by atoms with van der Waals surface area (Å²) in [6.45, 7) is 0.937. The van der Waals surface area contributed by atoms with Gasteiger partial charge >= 0.3 is 0 Å². The molecule has 0 aliphatic carbocycles. The van der Waals surface area contributed by atoms with Gasteiger partial charge in [-0.05, 0) is 42.7 Å². The van der Waals surface area contributed by atoms with Gasteiger partial charge in [0.05, 0.1) is 5.56 Å². The molecule has 7 heteroatoms. The van der Waals surface area contributed by atoms with Crippen molar-refractivity contribution in [2.45, 2.75) is 12.8 Å². The molecular weight excluding hydrogens is 352 g/mol. The summed E-state index contributed by atoms with van der Waals surface area (Å²) in [5, 5.41) is 4.01. The number of hydrogen-bond donors (Lipinski definition) is 0. The lowest BCUT2D eigenvalue weighted by atomic mass is 10.0. The minimum absolute atomic E-state index is 0.145. The molecule has 1 atom stereocenters. The van der Waals surface area contributed by atoms with Crippen molar-refractivity contribution in [3.05, 3.63) is 71.6 Å². The molecule has 1 unspecified atom stereocenters. The summed E-state index contributed by atoms with van der Waals surface area (Å²) < 4.78 is 32.5. The molecule has 0 saturated carbocycles. The Hall–Kier alpha value is -3.09. The van der Waals surface area contributed by atoms with E-state index in [0.29, 0.717) is 31.2 Å². The molecule has 1 aliphatic heterocycles. The maximum absolute atomic E-state index is 13.8. The standard InChI is InChI=1S/C20H17F2N3O2/c21-15-6-7-17(22)16(11-15)20(26)25-9-8-13(12-25)10-18-23-19(27-24-18)14-4-2-1-3-5-14/h1-7,11,13H,8-10,12H2. The first-order valence-electron chi connectivity index (χ1n) is 8.72. The molecule has 0 bridgehead atoms. The summed E-state index contributed by atoms with van der Waals surface area (Å²) in [5.74, 6) is -0.658. The van der Waals surface area contributed by atoms with Crippen molar-refractivity contribution >= 4 is 5.91 Å². The number of carbonyl (C=O) groups excluding carboxylic acids is 1. The largest absolute Gasteiger partial charge is 0.338 e. The van der Waals surface area contributed by atoms with Crippen LogP contribution < -0.4 is 0 Å². The van der Waals surface area contributed by atoms with Gasteiger partial charge in [-0.25, -0.2) is 8.78 Å². The average Bonchev–Trinajstić information content (AvgIpc) is 3.34. The molecule has 4 rings (SSSR count). The van der Waals surface area contributed by atoms with Crippen molar-refractivity contribution in [2.75, 3.05) is 13.1 Å². The Morgan fingerprint density at radius 3 is 2.81 bits per heavy atom. The Morgan fingerprint density at radius 2 is 2.00 bits per heavy atom. The fourth-order valence-electron chi connectivity index (χ4n) is 3.31. The first kappa shape index (κ1) is 17.3. The molecule has 2 heterocycles. The SMILES string of the molecule is O=C(c1cc(F)ccc1F)N1CCC(Cc2noc(-c3ccccc3)n2)C1. The second-order valence-corrected chi connectivity index (χ2v) is 6.62. The third-order valence-electron chi connectivity index (χ3n) is 4.69. The topological polar surface area (TPSA) is 59.2 Å². The molecule has 138 valence electrons. The van der Waals surface area contributed by atoms with Gasteiger partial charge in [-0.15, -0.1) is 0 Å².